The smallest absolute Gasteiger partial charge is 0.274 e. The zero-order chi connectivity index (χ0) is 26.8. The number of anilines is 1. The lowest BCUT2D eigenvalue weighted by Gasteiger charge is -2.34. The first-order chi connectivity index (χ1) is 19.1. The lowest BCUT2D eigenvalue weighted by atomic mass is 10.0. The molecule has 10 nitrogen and oxygen atoms in total. The largest absolute Gasteiger partial charge is 0.337 e. The number of amides is 1. The van der Waals surface area contributed by atoms with Gasteiger partial charge in [0.1, 0.15) is 12.7 Å². The molecule has 12 heteroatoms. The molecule has 0 aliphatic carbocycles. The highest BCUT2D eigenvalue weighted by molar-refractivity contribution is 9.10. The van der Waals surface area contributed by atoms with Gasteiger partial charge in [0.2, 0.25) is 5.95 Å². The van der Waals surface area contributed by atoms with Crippen LogP contribution in [0.4, 0.5) is 5.95 Å². The third-order valence-electron chi connectivity index (χ3n) is 6.57. The van der Waals surface area contributed by atoms with Gasteiger partial charge < -0.3 is 9.80 Å². The molecule has 4 heterocycles. The number of halogens is 2. The van der Waals surface area contributed by atoms with E-state index in [0.29, 0.717) is 55.1 Å². The molecule has 0 saturated carbocycles. The van der Waals surface area contributed by atoms with E-state index in [4.69, 9.17) is 16.7 Å². The Labute approximate surface area is 238 Å². The summed E-state index contributed by atoms with van der Waals surface area (Å²) >= 11 is 10.2. The maximum atomic E-state index is 14.1. The van der Waals surface area contributed by atoms with Crippen molar-refractivity contribution in [2.75, 3.05) is 31.1 Å². The lowest BCUT2D eigenvalue weighted by Crippen LogP contribution is -2.49. The second kappa shape index (κ2) is 11.0. The molecule has 0 radical (unpaired) electrons. The van der Waals surface area contributed by atoms with Crippen molar-refractivity contribution in [3.8, 4) is 16.9 Å². The molecule has 0 N–H and O–H groups in total. The lowest BCUT2D eigenvalue weighted by molar-refractivity contribution is 0.0738. The zero-order valence-corrected chi connectivity index (χ0v) is 23.1. The molecular formula is C27H23BrClN9O. The number of rotatable bonds is 6. The molecular weight excluding hydrogens is 582 g/mol. The minimum Gasteiger partial charge on any atom is -0.337 e. The maximum Gasteiger partial charge on any atom is 0.274 e. The normalized spacial score (nSPS) is 13.6. The van der Waals surface area contributed by atoms with Crippen molar-refractivity contribution in [3.63, 3.8) is 0 Å². The Bertz CT molecular complexity index is 1580. The van der Waals surface area contributed by atoms with Gasteiger partial charge in [-0.25, -0.2) is 24.3 Å². The van der Waals surface area contributed by atoms with E-state index in [1.54, 1.807) is 34.2 Å². The third kappa shape index (κ3) is 5.15. The summed E-state index contributed by atoms with van der Waals surface area (Å²) in [5, 5.41) is 9.74. The first-order valence-electron chi connectivity index (χ1n) is 12.3. The van der Waals surface area contributed by atoms with E-state index in [1.165, 1.54) is 6.33 Å². The summed E-state index contributed by atoms with van der Waals surface area (Å²) < 4.78 is 4.40. The predicted molar refractivity (Wildman–Crippen MR) is 151 cm³/mol. The van der Waals surface area contributed by atoms with E-state index >= 15 is 0 Å². The van der Waals surface area contributed by atoms with E-state index in [-0.39, 0.29) is 5.91 Å². The summed E-state index contributed by atoms with van der Waals surface area (Å²) in [5.74, 6) is 0.514. The van der Waals surface area contributed by atoms with E-state index < -0.39 is 0 Å². The summed E-state index contributed by atoms with van der Waals surface area (Å²) in [6.07, 6.45) is 6.55. The van der Waals surface area contributed by atoms with Gasteiger partial charge >= 0.3 is 0 Å². The fraction of sp³-hybridized carbons (Fsp3) is 0.185. The molecule has 1 aliphatic heterocycles. The van der Waals surface area contributed by atoms with Crippen molar-refractivity contribution < 1.29 is 4.79 Å². The van der Waals surface area contributed by atoms with Crippen LogP contribution in [0.25, 0.3) is 16.9 Å². The van der Waals surface area contributed by atoms with Gasteiger partial charge in [-0.3, -0.25) is 4.79 Å². The minimum atomic E-state index is -0.150. The Morgan fingerprint density at radius 2 is 1.69 bits per heavy atom. The molecule has 0 atom stereocenters. The van der Waals surface area contributed by atoms with Gasteiger partial charge in [0.05, 0.1) is 22.9 Å². The Kier molecular flexibility index (Phi) is 7.08. The number of piperazine rings is 1. The molecule has 1 aliphatic rings. The highest BCUT2D eigenvalue weighted by Crippen LogP contribution is 2.34. The van der Waals surface area contributed by atoms with Crippen LogP contribution in [0.2, 0.25) is 5.02 Å². The average molecular weight is 605 g/mol. The second-order valence-electron chi connectivity index (χ2n) is 8.97. The highest BCUT2D eigenvalue weighted by atomic mass is 79.9. The number of carbonyl (C=O) groups excluding carboxylic acids is 1. The van der Waals surface area contributed by atoms with Crippen LogP contribution < -0.4 is 4.90 Å². The number of carbonyl (C=O) groups is 1. The van der Waals surface area contributed by atoms with Gasteiger partial charge in [0.25, 0.3) is 5.91 Å². The van der Waals surface area contributed by atoms with Crippen LogP contribution in [-0.2, 0) is 6.54 Å². The van der Waals surface area contributed by atoms with Crippen LogP contribution in [-0.4, -0.2) is 71.5 Å². The van der Waals surface area contributed by atoms with Crippen LogP contribution in [0, 0.1) is 0 Å². The molecule has 3 aromatic heterocycles. The zero-order valence-electron chi connectivity index (χ0n) is 20.7. The van der Waals surface area contributed by atoms with E-state index in [1.807, 2.05) is 53.4 Å². The van der Waals surface area contributed by atoms with E-state index in [0.717, 1.165) is 21.3 Å². The van der Waals surface area contributed by atoms with Crippen LogP contribution in [0.1, 0.15) is 16.1 Å². The quantitative estimate of drug-likeness (QED) is 0.284. The van der Waals surface area contributed by atoms with E-state index in [9.17, 15) is 4.79 Å². The minimum absolute atomic E-state index is 0.150. The topological polar surface area (TPSA) is 97.9 Å². The highest BCUT2D eigenvalue weighted by Gasteiger charge is 2.31. The van der Waals surface area contributed by atoms with Gasteiger partial charge in [0, 0.05) is 54.2 Å². The summed E-state index contributed by atoms with van der Waals surface area (Å²) in [5.41, 5.74) is 3.44. The van der Waals surface area contributed by atoms with Crippen molar-refractivity contribution in [2.24, 2.45) is 0 Å². The van der Waals surface area contributed by atoms with Crippen LogP contribution >= 0.6 is 27.5 Å². The number of nitrogens with zero attached hydrogens (tertiary/aromatic N) is 9. The second-order valence-corrected chi connectivity index (χ2v) is 10.3. The molecule has 5 aromatic rings. The van der Waals surface area contributed by atoms with Crippen molar-refractivity contribution >= 4 is 39.4 Å². The fourth-order valence-corrected chi connectivity index (χ4v) is 5.14. The molecule has 1 fully saturated rings. The van der Waals surface area contributed by atoms with Gasteiger partial charge in [-0.1, -0.05) is 51.8 Å². The standard InChI is InChI=1S/C27H23BrClN9O/c28-20-8-6-19(7-9-20)25-21(16-37-18-30-17-33-37)24(34-38(25)23-5-2-1-4-22(23)29)26(39)35-12-14-36(15-13-35)27-31-10-3-11-32-27/h1-11,17-18H,12-16H2. The van der Waals surface area contributed by atoms with Gasteiger partial charge in [-0.15, -0.1) is 0 Å². The molecule has 196 valence electrons. The molecule has 0 unspecified atom stereocenters. The molecule has 39 heavy (non-hydrogen) atoms. The van der Waals surface area contributed by atoms with Crippen molar-refractivity contribution in [1.29, 1.82) is 0 Å². The first kappa shape index (κ1) is 25.2. The van der Waals surface area contributed by atoms with Crippen LogP contribution in [0.3, 0.4) is 0 Å². The fourth-order valence-electron chi connectivity index (χ4n) is 4.66. The Morgan fingerprint density at radius 3 is 2.38 bits per heavy atom. The number of para-hydroxylation sites is 1. The predicted octanol–water partition coefficient (Wildman–Crippen LogP) is 4.35. The molecule has 6 rings (SSSR count). The van der Waals surface area contributed by atoms with Crippen LogP contribution in [0.15, 0.2) is 84.1 Å². The van der Waals surface area contributed by atoms with Gasteiger partial charge in [0.15, 0.2) is 5.69 Å². The molecule has 1 amide bonds. The van der Waals surface area contributed by atoms with Crippen molar-refractivity contribution in [2.45, 2.75) is 6.54 Å². The summed E-state index contributed by atoms with van der Waals surface area (Å²) in [6.45, 7) is 2.60. The SMILES string of the molecule is O=C(c1nn(-c2ccccc2Cl)c(-c2ccc(Br)cc2)c1Cn1cncn1)N1CCN(c2ncccn2)CC1. The van der Waals surface area contributed by atoms with Gasteiger partial charge in [-0.05, 0) is 30.3 Å². The van der Waals surface area contributed by atoms with Crippen molar-refractivity contribution in [3.05, 3.63) is 100 Å². The average Bonchev–Trinajstić information content (AvgIpc) is 3.62. The molecule has 1 saturated heterocycles. The van der Waals surface area contributed by atoms with Crippen molar-refractivity contribution in [1.82, 2.24) is 39.4 Å². The van der Waals surface area contributed by atoms with Gasteiger partial charge in [-0.2, -0.15) is 10.2 Å². The number of hydrogen-bond acceptors (Lipinski definition) is 7. The van der Waals surface area contributed by atoms with E-state index in [2.05, 4.69) is 40.9 Å². The Morgan fingerprint density at radius 1 is 0.949 bits per heavy atom. The maximum absolute atomic E-state index is 14.1. The Balaban J connectivity index is 1.43. The Hall–Kier alpha value is -4.09. The number of benzene rings is 2. The third-order valence-corrected chi connectivity index (χ3v) is 7.42. The molecule has 2 aromatic carbocycles. The summed E-state index contributed by atoms with van der Waals surface area (Å²) in [7, 11) is 0. The summed E-state index contributed by atoms with van der Waals surface area (Å²) in [6, 6.07) is 17.2. The summed E-state index contributed by atoms with van der Waals surface area (Å²) in [4.78, 5) is 30.8. The number of aromatic nitrogens is 7. The molecule has 0 bridgehead atoms. The monoisotopic (exact) mass is 603 g/mol. The first-order valence-corrected chi connectivity index (χ1v) is 13.5. The number of hydrogen-bond donors (Lipinski definition) is 0. The van der Waals surface area contributed by atoms with Crippen LogP contribution in [0.5, 0.6) is 0 Å². The molecule has 0 spiro atoms.